The highest BCUT2D eigenvalue weighted by molar-refractivity contribution is 7.97. The zero-order valence-corrected chi connectivity index (χ0v) is 14.5. The third-order valence-corrected chi connectivity index (χ3v) is 4.16. The molecule has 0 unspecified atom stereocenters. The number of nitrogens with zero attached hydrogens (tertiary/aromatic N) is 5. The summed E-state index contributed by atoms with van der Waals surface area (Å²) in [4.78, 5) is 6.85. The van der Waals surface area contributed by atoms with Crippen LogP contribution >= 0.6 is 11.9 Å². The first kappa shape index (κ1) is 17.3. The maximum absolute atomic E-state index is 8.76. The van der Waals surface area contributed by atoms with E-state index in [9.17, 15) is 0 Å². The molecule has 0 spiro atoms. The standard InChI is InChI=1S/C16H18N6O2S/c1-24-14-5-4-13(17-10-14)11-22-20-16(19-21-22)12-2-6-15(7-3-12)25-18-8-9-23/h2-7,10,18,23H,8-9,11H2,1H3. The van der Waals surface area contributed by atoms with E-state index in [2.05, 4.69) is 25.1 Å². The van der Waals surface area contributed by atoms with Crippen LogP contribution in [0, 0.1) is 0 Å². The van der Waals surface area contributed by atoms with Crippen molar-refractivity contribution in [2.24, 2.45) is 0 Å². The van der Waals surface area contributed by atoms with E-state index in [0.717, 1.165) is 16.2 Å². The minimum atomic E-state index is 0.112. The van der Waals surface area contributed by atoms with Crippen molar-refractivity contribution in [1.82, 2.24) is 29.9 Å². The summed E-state index contributed by atoms with van der Waals surface area (Å²) in [7, 11) is 1.61. The number of aliphatic hydroxyl groups is 1. The van der Waals surface area contributed by atoms with Crippen LogP contribution in [0.4, 0.5) is 0 Å². The fourth-order valence-corrected chi connectivity index (χ4v) is 2.68. The average molecular weight is 358 g/mol. The third kappa shape index (κ3) is 4.75. The van der Waals surface area contributed by atoms with Gasteiger partial charge in [-0.2, -0.15) is 4.80 Å². The summed E-state index contributed by atoms with van der Waals surface area (Å²) in [5, 5.41) is 21.3. The van der Waals surface area contributed by atoms with Gasteiger partial charge in [0.15, 0.2) is 0 Å². The van der Waals surface area contributed by atoms with Gasteiger partial charge >= 0.3 is 0 Å². The van der Waals surface area contributed by atoms with Crippen LogP contribution in [0.1, 0.15) is 5.69 Å². The van der Waals surface area contributed by atoms with Gasteiger partial charge in [0.25, 0.3) is 0 Å². The maximum Gasteiger partial charge on any atom is 0.204 e. The quantitative estimate of drug-likeness (QED) is 0.460. The summed E-state index contributed by atoms with van der Waals surface area (Å²) >= 11 is 1.47. The van der Waals surface area contributed by atoms with Crippen LogP contribution in [0.3, 0.4) is 0 Å². The topological polar surface area (TPSA) is 98.0 Å². The molecule has 2 N–H and O–H groups in total. The molecular formula is C16H18N6O2S. The van der Waals surface area contributed by atoms with Gasteiger partial charge in [-0.3, -0.25) is 9.71 Å². The molecule has 0 aliphatic carbocycles. The number of pyridine rings is 1. The zero-order valence-electron chi connectivity index (χ0n) is 13.7. The SMILES string of the molecule is COc1ccc(Cn2nnc(-c3ccc(SNCCO)cc3)n2)nc1. The Bertz CT molecular complexity index is 791. The average Bonchev–Trinajstić information content (AvgIpc) is 3.12. The lowest BCUT2D eigenvalue weighted by molar-refractivity contribution is 0.302. The number of ether oxygens (including phenoxy) is 1. The van der Waals surface area contributed by atoms with Crippen LogP contribution in [0.5, 0.6) is 5.75 Å². The first-order chi connectivity index (χ1) is 12.3. The molecule has 2 heterocycles. The Hall–Kier alpha value is -2.49. The van der Waals surface area contributed by atoms with Crippen molar-refractivity contribution in [3.8, 4) is 17.1 Å². The number of aromatic nitrogens is 5. The van der Waals surface area contributed by atoms with Gasteiger partial charge in [0.05, 0.1) is 25.6 Å². The molecule has 0 saturated carbocycles. The molecule has 0 atom stereocenters. The van der Waals surface area contributed by atoms with E-state index in [-0.39, 0.29) is 6.61 Å². The Kier molecular flexibility index (Phi) is 5.94. The Balaban J connectivity index is 1.64. The van der Waals surface area contributed by atoms with Crippen LogP contribution in [0.25, 0.3) is 11.4 Å². The Morgan fingerprint density at radius 2 is 2.04 bits per heavy atom. The summed E-state index contributed by atoms with van der Waals surface area (Å²) in [6.07, 6.45) is 1.66. The molecule has 2 aromatic heterocycles. The molecule has 25 heavy (non-hydrogen) atoms. The lowest BCUT2D eigenvalue weighted by Crippen LogP contribution is -2.08. The predicted molar refractivity (Wildman–Crippen MR) is 94.1 cm³/mol. The second-order valence-electron chi connectivity index (χ2n) is 5.08. The van der Waals surface area contributed by atoms with Crippen molar-refractivity contribution in [3.63, 3.8) is 0 Å². The van der Waals surface area contributed by atoms with Gasteiger partial charge < -0.3 is 9.84 Å². The second-order valence-corrected chi connectivity index (χ2v) is 6.04. The minimum Gasteiger partial charge on any atom is -0.495 e. The second kappa shape index (κ2) is 8.56. The maximum atomic E-state index is 8.76. The van der Waals surface area contributed by atoms with E-state index in [1.807, 2.05) is 36.4 Å². The molecular weight excluding hydrogens is 340 g/mol. The number of rotatable bonds is 8. The predicted octanol–water partition coefficient (Wildman–Crippen LogP) is 1.38. The molecule has 0 saturated heterocycles. The van der Waals surface area contributed by atoms with Crippen molar-refractivity contribution in [3.05, 3.63) is 48.3 Å². The van der Waals surface area contributed by atoms with Gasteiger partial charge in [0, 0.05) is 17.0 Å². The van der Waals surface area contributed by atoms with Gasteiger partial charge in [0.2, 0.25) is 5.82 Å². The largest absolute Gasteiger partial charge is 0.495 e. The number of nitrogens with one attached hydrogen (secondary N) is 1. The molecule has 3 rings (SSSR count). The highest BCUT2D eigenvalue weighted by atomic mass is 32.2. The van der Waals surface area contributed by atoms with Crippen molar-refractivity contribution in [2.75, 3.05) is 20.3 Å². The number of hydrogen-bond acceptors (Lipinski definition) is 8. The molecule has 9 heteroatoms. The van der Waals surface area contributed by atoms with Crippen LogP contribution in [0.15, 0.2) is 47.5 Å². The van der Waals surface area contributed by atoms with Crippen molar-refractivity contribution in [2.45, 2.75) is 11.4 Å². The van der Waals surface area contributed by atoms with Gasteiger partial charge in [-0.15, -0.1) is 10.2 Å². The summed E-state index contributed by atoms with van der Waals surface area (Å²) < 4.78 is 8.14. The van der Waals surface area contributed by atoms with Crippen molar-refractivity contribution in [1.29, 1.82) is 0 Å². The lowest BCUT2D eigenvalue weighted by atomic mass is 10.2. The molecule has 0 amide bonds. The first-order valence-corrected chi connectivity index (χ1v) is 8.48. The molecule has 1 aromatic carbocycles. The van der Waals surface area contributed by atoms with Crippen LogP contribution in [-0.4, -0.2) is 50.6 Å². The number of methoxy groups -OCH3 is 1. The van der Waals surface area contributed by atoms with Crippen molar-refractivity contribution >= 4 is 11.9 Å². The normalized spacial score (nSPS) is 10.8. The summed E-state index contributed by atoms with van der Waals surface area (Å²) in [5.41, 5.74) is 1.71. The summed E-state index contributed by atoms with van der Waals surface area (Å²) in [6, 6.07) is 11.5. The molecule has 0 radical (unpaired) electrons. The highest BCUT2D eigenvalue weighted by Gasteiger charge is 2.07. The van der Waals surface area contributed by atoms with E-state index in [1.54, 1.807) is 13.3 Å². The van der Waals surface area contributed by atoms with Gasteiger partial charge in [-0.1, -0.05) is 0 Å². The Labute approximate surface area is 149 Å². The molecule has 3 aromatic rings. The van der Waals surface area contributed by atoms with Gasteiger partial charge in [-0.25, -0.2) is 0 Å². The van der Waals surface area contributed by atoms with Gasteiger partial charge in [-0.05, 0) is 53.6 Å². The fourth-order valence-electron chi connectivity index (χ4n) is 2.05. The number of benzene rings is 1. The van der Waals surface area contributed by atoms with E-state index in [1.165, 1.54) is 16.7 Å². The van der Waals surface area contributed by atoms with Crippen LogP contribution < -0.4 is 9.46 Å². The lowest BCUT2D eigenvalue weighted by Gasteiger charge is -2.02. The molecule has 130 valence electrons. The highest BCUT2D eigenvalue weighted by Crippen LogP contribution is 2.20. The van der Waals surface area contributed by atoms with E-state index < -0.39 is 0 Å². The number of aliphatic hydroxyl groups excluding tert-OH is 1. The smallest absolute Gasteiger partial charge is 0.204 e. The van der Waals surface area contributed by atoms with E-state index in [0.29, 0.717) is 24.7 Å². The van der Waals surface area contributed by atoms with E-state index >= 15 is 0 Å². The molecule has 8 nitrogen and oxygen atoms in total. The number of tetrazole rings is 1. The van der Waals surface area contributed by atoms with E-state index in [4.69, 9.17) is 9.84 Å². The molecule has 0 aliphatic rings. The van der Waals surface area contributed by atoms with Crippen molar-refractivity contribution < 1.29 is 9.84 Å². The van der Waals surface area contributed by atoms with Crippen LogP contribution in [-0.2, 0) is 6.54 Å². The minimum absolute atomic E-state index is 0.112. The molecule has 0 aliphatic heterocycles. The Morgan fingerprint density at radius 1 is 1.20 bits per heavy atom. The molecule has 0 fully saturated rings. The number of hydrogen-bond donors (Lipinski definition) is 2. The Morgan fingerprint density at radius 3 is 2.72 bits per heavy atom. The van der Waals surface area contributed by atoms with Gasteiger partial charge in [0.1, 0.15) is 12.3 Å². The zero-order chi connectivity index (χ0) is 17.5. The van der Waals surface area contributed by atoms with Crippen LogP contribution in [0.2, 0.25) is 0 Å². The molecule has 0 bridgehead atoms. The third-order valence-electron chi connectivity index (χ3n) is 3.31. The summed E-state index contributed by atoms with van der Waals surface area (Å²) in [6.45, 7) is 1.10. The summed E-state index contributed by atoms with van der Waals surface area (Å²) in [5.74, 6) is 1.27. The fraction of sp³-hybridized carbons (Fsp3) is 0.250. The first-order valence-electron chi connectivity index (χ1n) is 7.66. The monoisotopic (exact) mass is 358 g/mol.